The first kappa shape index (κ1) is 55.4. The second-order valence-corrected chi connectivity index (χ2v) is 18.2. The first-order chi connectivity index (χ1) is 27.8. The van der Waals surface area contributed by atoms with Crippen LogP contribution in [0.25, 0.3) is 0 Å². The summed E-state index contributed by atoms with van der Waals surface area (Å²) in [7, 11) is 0. The van der Waals surface area contributed by atoms with E-state index in [1.807, 2.05) is 0 Å². The molecule has 0 aliphatic heterocycles. The van der Waals surface area contributed by atoms with Crippen LogP contribution in [-0.2, 0) is 28.6 Å². The first-order valence-corrected chi connectivity index (χ1v) is 25.3. The molecule has 0 N–H and O–H groups in total. The molecule has 0 bridgehead atoms. The molecule has 0 aromatic carbocycles. The molecule has 6 heteroatoms. The summed E-state index contributed by atoms with van der Waals surface area (Å²) in [5.41, 5.74) is 0. The zero-order valence-electron chi connectivity index (χ0n) is 39.0. The molecule has 0 radical (unpaired) electrons. The second kappa shape index (κ2) is 44.0. The molecule has 57 heavy (non-hydrogen) atoms. The topological polar surface area (TPSA) is 78.9 Å². The Bertz CT molecular complexity index is 872. The zero-order chi connectivity index (χ0) is 41.9. The molecule has 0 aliphatic carbocycles. The third-order valence-electron chi connectivity index (χ3n) is 11.8. The lowest BCUT2D eigenvalue weighted by atomic mass is 9.99. The van der Waals surface area contributed by atoms with Crippen LogP contribution in [0.5, 0.6) is 0 Å². The Morgan fingerprint density at radius 2 is 0.667 bits per heavy atom. The van der Waals surface area contributed by atoms with Crippen LogP contribution in [0, 0.1) is 11.8 Å². The van der Waals surface area contributed by atoms with Gasteiger partial charge in [-0.3, -0.25) is 14.4 Å². The molecule has 0 amide bonds. The highest BCUT2D eigenvalue weighted by Crippen LogP contribution is 2.17. The van der Waals surface area contributed by atoms with Crippen LogP contribution in [0.1, 0.15) is 279 Å². The molecule has 0 aromatic rings. The van der Waals surface area contributed by atoms with E-state index in [1.54, 1.807) is 0 Å². The maximum atomic E-state index is 12.8. The van der Waals surface area contributed by atoms with Gasteiger partial charge in [-0.15, -0.1) is 0 Å². The van der Waals surface area contributed by atoms with Crippen LogP contribution in [0.3, 0.4) is 0 Å². The van der Waals surface area contributed by atoms with Crippen molar-refractivity contribution in [1.82, 2.24) is 0 Å². The van der Waals surface area contributed by atoms with E-state index >= 15 is 0 Å². The van der Waals surface area contributed by atoms with Gasteiger partial charge in [-0.25, -0.2) is 0 Å². The van der Waals surface area contributed by atoms with Gasteiger partial charge in [0, 0.05) is 19.3 Å². The predicted octanol–water partition coefficient (Wildman–Crippen LogP) is 16.1. The van der Waals surface area contributed by atoms with Crippen LogP contribution in [0.4, 0.5) is 0 Å². The second-order valence-electron chi connectivity index (χ2n) is 18.2. The summed E-state index contributed by atoms with van der Waals surface area (Å²) in [6.45, 7) is 11.4. The molecule has 338 valence electrons. The predicted molar refractivity (Wildman–Crippen MR) is 243 cm³/mol. The zero-order valence-corrected chi connectivity index (χ0v) is 39.0. The Kier molecular flexibility index (Phi) is 42.7. The Morgan fingerprint density at radius 1 is 0.368 bits per heavy atom. The molecular formula is C51H98O6. The summed E-state index contributed by atoms with van der Waals surface area (Å²) in [5.74, 6) is 0.820. The van der Waals surface area contributed by atoms with Gasteiger partial charge in [0.2, 0.25) is 0 Å². The van der Waals surface area contributed by atoms with Gasteiger partial charge < -0.3 is 14.2 Å². The number of carbonyl (C=O) groups excluding carboxylic acids is 3. The Balaban J connectivity index is 4.33. The third-order valence-corrected chi connectivity index (χ3v) is 11.8. The van der Waals surface area contributed by atoms with E-state index in [0.29, 0.717) is 19.3 Å². The van der Waals surface area contributed by atoms with E-state index < -0.39 is 6.10 Å². The Morgan fingerprint density at radius 3 is 1.00 bits per heavy atom. The van der Waals surface area contributed by atoms with Crippen LogP contribution in [-0.4, -0.2) is 37.2 Å². The highest BCUT2D eigenvalue weighted by atomic mass is 16.6. The lowest BCUT2D eigenvalue weighted by Gasteiger charge is -2.18. The summed E-state index contributed by atoms with van der Waals surface area (Å²) in [6, 6.07) is 0. The van der Waals surface area contributed by atoms with E-state index in [1.165, 1.54) is 167 Å². The fraction of sp³-hybridized carbons (Fsp3) is 0.941. The highest BCUT2D eigenvalue weighted by Gasteiger charge is 2.19. The third kappa shape index (κ3) is 43.8. The summed E-state index contributed by atoms with van der Waals surface area (Å²) in [6.07, 6.45) is 43.6. The molecule has 2 atom stereocenters. The molecule has 0 saturated heterocycles. The molecule has 0 spiro atoms. The SMILES string of the molecule is CCCCCCCCCCCCCCCC(=O)OC[C@H](COC(=O)CCCCCCCCCCCCCC(C)C)OC(=O)CCCCCCCCCCC(C)CC. The van der Waals surface area contributed by atoms with Crippen molar-refractivity contribution in [2.75, 3.05) is 13.2 Å². The van der Waals surface area contributed by atoms with E-state index in [9.17, 15) is 14.4 Å². The number of rotatable bonds is 45. The summed E-state index contributed by atoms with van der Waals surface area (Å²) in [5, 5.41) is 0. The van der Waals surface area contributed by atoms with Crippen molar-refractivity contribution in [3.05, 3.63) is 0 Å². The number of hydrogen-bond acceptors (Lipinski definition) is 6. The van der Waals surface area contributed by atoms with Crippen LogP contribution in [0.2, 0.25) is 0 Å². The van der Waals surface area contributed by atoms with Crippen molar-refractivity contribution in [2.24, 2.45) is 11.8 Å². The van der Waals surface area contributed by atoms with Gasteiger partial charge >= 0.3 is 17.9 Å². The van der Waals surface area contributed by atoms with E-state index in [0.717, 1.165) is 69.6 Å². The average Bonchev–Trinajstić information content (AvgIpc) is 3.19. The van der Waals surface area contributed by atoms with E-state index in [-0.39, 0.29) is 31.1 Å². The average molecular weight is 807 g/mol. The van der Waals surface area contributed by atoms with Crippen molar-refractivity contribution in [1.29, 1.82) is 0 Å². The van der Waals surface area contributed by atoms with Gasteiger partial charge in [-0.05, 0) is 31.1 Å². The molecule has 0 aliphatic rings. The molecule has 0 saturated carbocycles. The van der Waals surface area contributed by atoms with Gasteiger partial charge in [0.15, 0.2) is 6.10 Å². The number of unbranched alkanes of at least 4 members (excludes halogenated alkanes) is 29. The summed E-state index contributed by atoms with van der Waals surface area (Å²) in [4.78, 5) is 37.9. The van der Waals surface area contributed by atoms with Crippen molar-refractivity contribution >= 4 is 17.9 Å². The van der Waals surface area contributed by atoms with Crippen molar-refractivity contribution in [3.63, 3.8) is 0 Å². The molecule has 0 aromatic heterocycles. The first-order valence-electron chi connectivity index (χ1n) is 25.3. The Labute approximate surface area is 355 Å². The standard InChI is InChI=1S/C51H98O6/c1-6-8-9-10-11-12-13-14-17-20-26-31-36-41-49(52)55-44-48(57-51(54)43-38-33-28-23-22-25-30-35-40-47(5)7-2)45-56-50(53)42-37-32-27-21-18-15-16-19-24-29-34-39-46(3)4/h46-48H,6-45H2,1-5H3/t47?,48-/m1/s1. The highest BCUT2D eigenvalue weighted by molar-refractivity contribution is 5.71. The monoisotopic (exact) mass is 807 g/mol. The number of ether oxygens (including phenoxy) is 3. The van der Waals surface area contributed by atoms with Gasteiger partial charge in [0.1, 0.15) is 13.2 Å². The van der Waals surface area contributed by atoms with Crippen molar-refractivity contribution < 1.29 is 28.6 Å². The van der Waals surface area contributed by atoms with Gasteiger partial charge in [0.05, 0.1) is 0 Å². The lowest BCUT2D eigenvalue weighted by Crippen LogP contribution is -2.30. The fourth-order valence-electron chi connectivity index (χ4n) is 7.60. The molecule has 6 nitrogen and oxygen atoms in total. The van der Waals surface area contributed by atoms with Crippen LogP contribution in [0.15, 0.2) is 0 Å². The van der Waals surface area contributed by atoms with Gasteiger partial charge in [0.25, 0.3) is 0 Å². The smallest absolute Gasteiger partial charge is 0.306 e. The van der Waals surface area contributed by atoms with Crippen LogP contribution >= 0.6 is 0 Å². The lowest BCUT2D eigenvalue weighted by molar-refractivity contribution is -0.167. The normalized spacial score (nSPS) is 12.5. The van der Waals surface area contributed by atoms with Gasteiger partial charge in [-0.2, -0.15) is 0 Å². The minimum absolute atomic E-state index is 0.0642. The molecule has 0 heterocycles. The summed E-state index contributed by atoms with van der Waals surface area (Å²) < 4.78 is 16.8. The van der Waals surface area contributed by atoms with E-state index in [4.69, 9.17) is 14.2 Å². The Hall–Kier alpha value is -1.59. The van der Waals surface area contributed by atoms with Crippen LogP contribution < -0.4 is 0 Å². The number of hydrogen-bond donors (Lipinski definition) is 0. The quantitative estimate of drug-likeness (QED) is 0.0346. The molecule has 0 rings (SSSR count). The van der Waals surface area contributed by atoms with Gasteiger partial charge in [-0.1, -0.05) is 240 Å². The summed E-state index contributed by atoms with van der Waals surface area (Å²) >= 11 is 0. The maximum absolute atomic E-state index is 12.8. The minimum Gasteiger partial charge on any atom is -0.462 e. The number of carbonyl (C=O) groups is 3. The molecule has 0 fully saturated rings. The largest absolute Gasteiger partial charge is 0.462 e. The van der Waals surface area contributed by atoms with Crippen molar-refractivity contribution in [2.45, 2.75) is 285 Å². The fourth-order valence-corrected chi connectivity index (χ4v) is 7.60. The number of esters is 3. The minimum atomic E-state index is -0.761. The molecule has 1 unspecified atom stereocenters. The molecular weight excluding hydrogens is 709 g/mol. The van der Waals surface area contributed by atoms with Crippen molar-refractivity contribution in [3.8, 4) is 0 Å². The maximum Gasteiger partial charge on any atom is 0.306 e. The van der Waals surface area contributed by atoms with E-state index in [2.05, 4.69) is 34.6 Å².